The summed E-state index contributed by atoms with van der Waals surface area (Å²) in [5, 5.41) is 2.32. The molecule has 0 aliphatic carbocycles. The van der Waals surface area contributed by atoms with E-state index in [-0.39, 0.29) is 10.8 Å². The van der Waals surface area contributed by atoms with Crippen molar-refractivity contribution in [3.8, 4) is 0 Å². The number of hydrogen-bond donors (Lipinski definition) is 2. The highest BCUT2D eigenvalue weighted by Gasteiger charge is 2.36. The highest BCUT2D eigenvalue weighted by molar-refractivity contribution is 7.89. The fraction of sp³-hybridized carbons (Fsp3) is 0.375. The van der Waals surface area contributed by atoms with Crippen LogP contribution in [-0.4, -0.2) is 35.8 Å². The number of carbonyl (C=O) groups excluding carboxylic acids is 1. The molecule has 1 atom stereocenters. The molecule has 2 rings (SSSR count). The second-order valence-corrected chi connectivity index (χ2v) is 8.79. The zero-order chi connectivity index (χ0) is 21.4. The first-order chi connectivity index (χ1) is 12.7. The first-order valence-corrected chi connectivity index (χ1v) is 10.2. The van der Waals surface area contributed by atoms with Crippen molar-refractivity contribution < 1.29 is 22.0 Å². The predicted molar refractivity (Wildman–Crippen MR) is 103 cm³/mol. The van der Waals surface area contributed by atoms with Crippen LogP contribution in [0, 0.1) is 6.92 Å². The predicted octanol–water partition coefficient (Wildman–Crippen LogP) is 3.61. The molecule has 2 N–H and O–H groups in total. The summed E-state index contributed by atoms with van der Waals surface area (Å²) in [5.41, 5.74) is 0.729. The van der Waals surface area contributed by atoms with E-state index >= 15 is 0 Å². The Labute approximate surface area is 171 Å². The molecule has 1 unspecified atom stereocenters. The summed E-state index contributed by atoms with van der Waals surface area (Å²) >= 11 is 12.0. The van der Waals surface area contributed by atoms with Crippen LogP contribution in [-0.2, 0) is 17.1 Å². The van der Waals surface area contributed by atoms with Crippen LogP contribution >= 0.6 is 23.2 Å². The molecule has 28 heavy (non-hydrogen) atoms. The Kier molecular flexibility index (Phi) is 6.39. The van der Waals surface area contributed by atoms with E-state index in [1.165, 1.54) is 17.7 Å². The van der Waals surface area contributed by atoms with Gasteiger partial charge in [0.15, 0.2) is 0 Å². The van der Waals surface area contributed by atoms with Gasteiger partial charge in [-0.1, -0.05) is 23.2 Å². The molecule has 0 aromatic carbocycles. The van der Waals surface area contributed by atoms with Crippen molar-refractivity contribution in [2.24, 2.45) is 7.05 Å². The smallest absolute Gasteiger partial charge is 0.273 e. The summed E-state index contributed by atoms with van der Waals surface area (Å²) in [4.78, 5) is 16.1. The van der Waals surface area contributed by atoms with E-state index in [1.54, 1.807) is 13.0 Å². The van der Waals surface area contributed by atoms with E-state index in [4.69, 9.17) is 23.2 Å². The Morgan fingerprint density at radius 2 is 1.93 bits per heavy atom. The summed E-state index contributed by atoms with van der Waals surface area (Å²) in [6.45, 7) is 3.29. The van der Waals surface area contributed by atoms with Gasteiger partial charge in [0, 0.05) is 31.5 Å². The van der Waals surface area contributed by atoms with Crippen molar-refractivity contribution in [3.05, 3.63) is 39.9 Å². The van der Waals surface area contributed by atoms with Crippen molar-refractivity contribution in [1.82, 2.24) is 14.3 Å². The fourth-order valence-corrected chi connectivity index (χ4v) is 4.56. The standard InChI is InChI=1S/C16H18Cl2F2N4O3S/c1-8-5-10(6-12(17)21-8)22-15(25)14-13(18)11(7-24(14)4)28(26,27)23-9(2)16(3,19)20/h5-7,9,23H,1-4H3,(H,21,22,25). The molecule has 0 saturated heterocycles. The summed E-state index contributed by atoms with van der Waals surface area (Å²) in [7, 11) is -2.98. The lowest BCUT2D eigenvalue weighted by molar-refractivity contribution is -0.00488. The molecule has 2 aromatic rings. The zero-order valence-corrected chi connectivity index (χ0v) is 17.7. The van der Waals surface area contributed by atoms with Crippen LogP contribution in [0.2, 0.25) is 10.2 Å². The minimum Gasteiger partial charge on any atom is -0.344 e. The lowest BCUT2D eigenvalue weighted by atomic mass is 10.2. The Hall–Kier alpha value is -1.75. The number of aryl methyl sites for hydroxylation is 2. The van der Waals surface area contributed by atoms with E-state index in [9.17, 15) is 22.0 Å². The number of halogens is 4. The molecule has 0 aliphatic rings. The maximum Gasteiger partial charge on any atom is 0.273 e. The Morgan fingerprint density at radius 3 is 2.46 bits per heavy atom. The monoisotopic (exact) mass is 454 g/mol. The van der Waals surface area contributed by atoms with Gasteiger partial charge in [0.05, 0.1) is 11.1 Å². The number of hydrogen-bond acceptors (Lipinski definition) is 4. The molecule has 7 nitrogen and oxygen atoms in total. The Balaban J connectivity index is 2.36. The number of rotatable bonds is 6. The van der Waals surface area contributed by atoms with E-state index in [2.05, 4.69) is 10.3 Å². The molecule has 0 bridgehead atoms. The third kappa shape index (κ3) is 4.99. The third-order valence-electron chi connectivity index (χ3n) is 3.86. The average Bonchev–Trinajstić information content (AvgIpc) is 2.80. The first kappa shape index (κ1) is 22.5. The van der Waals surface area contributed by atoms with Gasteiger partial charge in [0.25, 0.3) is 11.8 Å². The highest BCUT2D eigenvalue weighted by Crippen LogP contribution is 2.29. The van der Waals surface area contributed by atoms with E-state index in [0.717, 1.165) is 13.1 Å². The normalized spacial score (nSPS) is 13.4. The molecule has 154 valence electrons. The van der Waals surface area contributed by atoms with Gasteiger partial charge < -0.3 is 9.88 Å². The van der Waals surface area contributed by atoms with Crippen LogP contribution in [0.1, 0.15) is 30.0 Å². The molecule has 2 aromatic heterocycles. The summed E-state index contributed by atoms with van der Waals surface area (Å²) < 4.78 is 54.6. The second kappa shape index (κ2) is 7.94. The van der Waals surface area contributed by atoms with Crippen LogP contribution in [0.3, 0.4) is 0 Å². The molecular formula is C16H18Cl2F2N4O3S. The van der Waals surface area contributed by atoms with Gasteiger partial charge in [0.2, 0.25) is 10.0 Å². The molecule has 0 saturated carbocycles. The van der Waals surface area contributed by atoms with Crippen LogP contribution in [0.15, 0.2) is 23.2 Å². The van der Waals surface area contributed by atoms with Crippen LogP contribution in [0.25, 0.3) is 0 Å². The number of sulfonamides is 1. The van der Waals surface area contributed by atoms with E-state index < -0.39 is 37.8 Å². The number of nitrogens with zero attached hydrogens (tertiary/aromatic N) is 2. The van der Waals surface area contributed by atoms with Crippen LogP contribution < -0.4 is 10.0 Å². The third-order valence-corrected chi connectivity index (χ3v) is 6.11. The molecule has 2 heterocycles. The SMILES string of the molecule is Cc1cc(NC(=O)c2c(Cl)c(S(=O)(=O)NC(C)C(C)(F)F)cn2C)cc(Cl)n1. The van der Waals surface area contributed by atoms with Crippen molar-refractivity contribution in [1.29, 1.82) is 0 Å². The van der Waals surface area contributed by atoms with Gasteiger partial charge in [-0.2, -0.15) is 0 Å². The summed E-state index contributed by atoms with van der Waals surface area (Å²) in [5.74, 6) is -3.99. The minimum absolute atomic E-state index is 0.162. The maximum atomic E-state index is 13.3. The van der Waals surface area contributed by atoms with Crippen LogP contribution in [0.4, 0.5) is 14.5 Å². The number of alkyl halides is 2. The summed E-state index contributed by atoms with van der Waals surface area (Å²) in [6.07, 6.45) is 1.07. The fourth-order valence-electron chi connectivity index (χ4n) is 2.31. The Morgan fingerprint density at radius 1 is 1.32 bits per heavy atom. The molecule has 0 spiro atoms. The zero-order valence-electron chi connectivity index (χ0n) is 15.3. The molecular weight excluding hydrogens is 437 g/mol. The topological polar surface area (TPSA) is 93.1 Å². The van der Waals surface area contributed by atoms with Gasteiger partial charge in [-0.25, -0.2) is 26.9 Å². The van der Waals surface area contributed by atoms with Gasteiger partial charge in [-0.3, -0.25) is 4.79 Å². The lowest BCUT2D eigenvalue weighted by Crippen LogP contribution is -2.43. The van der Waals surface area contributed by atoms with Gasteiger partial charge in [-0.15, -0.1) is 0 Å². The van der Waals surface area contributed by atoms with E-state index in [1.807, 2.05) is 4.72 Å². The van der Waals surface area contributed by atoms with Crippen molar-refractivity contribution in [3.63, 3.8) is 0 Å². The van der Waals surface area contributed by atoms with Crippen molar-refractivity contribution >= 4 is 44.8 Å². The average molecular weight is 455 g/mol. The second-order valence-electron chi connectivity index (χ2n) is 6.34. The number of nitrogens with one attached hydrogen (secondary N) is 2. The number of aromatic nitrogens is 2. The molecule has 0 fully saturated rings. The van der Waals surface area contributed by atoms with Gasteiger partial charge >= 0.3 is 0 Å². The van der Waals surface area contributed by atoms with Crippen molar-refractivity contribution in [2.45, 2.75) is 37.6 Å². The summed E-state index contributed by atoms with van der Waals surface area (Å²) in [6, 6.07) is 1.30. The molecule has 0 aliphatic heterocycles. The lowest BCUT2D eigenvalue weighted by Gasteiger charge is -2.20. The van der Waals surface area contributed by atoms with E-state index in [0.29, 0.717) is 18.3 Å². The number of anilines is 1. The number of pyridine rings is 1. The minimum atomic E-state index is -4.39. The first-order valence-electron chi connectivity index (χ1n) is 7.93. The largest absolute Gasteiger partial charge is 0.344 e. The number of amides is 1. The quantitative estimate of drug-likeness (QED) is 0.651. The number of carbonyl (C=O) groups is 1. The molecule has 12 heteroatoms. The van der Waals surface area contributed by atoms with Crippen molar-refractivity contribution in [2.75, 3.05) is 5.32 Å². The molecule has 1 amide bonds. The highest BCUT2D eigenvalue weighted by atomic mass is 35.5. The van der Waals surface area contributed by atoms with Gasteiger partial charge in [0.1, 0.15) is 15.7 Å². The maximum absolute atomic E-state index is 13.3. The Bertz CT molecular complexity index is 999. The van der Waals surface area contributed by atoms with Crippen LogP contribution in [0.5, 0.6) is 0 Å². The van der Waals surface area contributed by atoms with Gasteiger partial charge in [-0.05, 0) is 26.0 Å². The molecule has 0 radical (unpaired) electrons.